The van der Waals surface area contributed by atoms with E-state index in [0.29, 0.717) is 37.5 Å². The van der Waals surface area contributed by atoms with E-state index in [4.69, 9.17) is 14.6 Å². The zero-order valence-electron chi connectivity index (χ0n) is 38.5. The molecule has 6 heteroatoms. The molecule has 1 saturated heterocycles. The summed E-state index contributed by atoms with van der Waals surface area (Å²) in [5, 5.41) is 21.0. The summed E-state index contributed by atoms with van der Waals surface area (Å²) in [6.45, 7) is 6.96. The number of hydrogen-bond acceptors (Lipinski definition) is 5. The Balaban J connectivity index is 0.904. The van der Waals surface area contributed by atoms with Gasteiger partial charge in [-0.15, -0.1) is 0 Å². The fourth-order valence-electron chi connectivity index (χ4n) is 13.9. The first kappa shape index (κ1) is 41.7. The average Bonchev–Trinajstić information content (AvgIpc) is 4.09. The number of anilines is 1. The third kappa shape index (κ3) is 6.93. The molecule has 1 spiro atoms. The molecule has 66 heavy (non-hydrogen) atoms. The Morgan fingerprint density at radius 3 is 1.86 bits per heavy atom. The summed E-state index contributed by atoms with van der Waals surface area (Å²) in [6.07, 6.45) is 11.6. The smallest absolute Gasteiger partial charge is 0.213 e. The van der Waals surface area contributed by atoms with Gasteiger partial charge in [0, 0.05) is 47.9 Å². The van der Waals surface area contributed by atoms with Crippen LogP contribution in [0.4, 0.5) is 5.69 Å². The van der Waals surface area contributed by atoms with Gasteiger partial charge in [-0.2, -0.15) is 9.67 Å². The lowest BCUT2D eigenvalue weighted by Crippen LogP contribution is -2.60. The zero-order chi connectivity index (χ0) is 44.5. The van der Waals surface area contributed by atoms with Gasteiger partial charge in [-0.05, 0) is 120 Å². The van der Waals surface area contributed by atoms with E-state index in [1.165, 1.54) is 11.1 Å². The molecule has 0 unspecified atom stereocenters. The summed E-state index contributed by atoms with van der Waals surface area (Å²) < 4.78 is 15.0. The van der Waals surface area contributed by atoms with Crippen LogP contribution in [0, 0.1) is 28.6 Å². The number of ether oxygens (including phenoxy) is 2. The van der Waals surface area contributed by atoms with Crippen molar-refractivity contribution in [2.45, 2.75) is 95.6 Å². The molecular weight excluding hydrogens is 811 g/mol. The molecule has 6 aromatic rings. The van der Waals surface area contributed by atoms with Gasteiger partial charge in [0.25, 0.3) is 0 Å². The second kappa shape index (κ2) is 16.3. The van der Waals surface area contributed by atoms with E-state index < -0.39 is 11.4 Å². The van der Waals surface area contributed by atoms with Crippen molar-refractivity contribution in [3.63, 3.8) is 0 Å². The van der Waals surface area contributed by atoms with Gasteiger partial charge in [0.2, 0.25) is 11.4 Å². The first-order chi connectivity index (χ1) is 32.2. The van der Waals surface area contributed by atoms with Crippen LogP contribution >= 0.6 is 0 Å². The SMILES string of the molecule is C[C@]12CCC3(CC1=CC[C@H]1[C@H]2CC[C@@]2(C)[C@@H]1CC[C@@]2(O)C[n+]1c(-c2ccccc2)cc(-c2ccc(N4N=C(c5ccccc5)C[C@@H]4c4ccccc4)cc2)cc1-c1ccccc1)OCCO3. The number of pyridine rings is 1. The Hall–Kier alpha value is -5.66. The van der Waals surface area contributed by atoms with Gasteiger partial charge in [0.15, 0.2) is 12.3 Å². The van der Waals surface area contributed by atoms with Crippen molar-refractivity contribution in [2.75, 3.05) is 18.2 Å². The molecular formula is C60H62N3O3+. The molecule has 0 bridgehead atoms. The van der Waals surface area contributed by atoms with Crippen molar-refractivity contribution in [1.29, 1.82) is 0 Å². The lowest BCUT2D eigenvalue weighted by molar-refractivity contribution is -0.692. The van der Waals surface area contributed by atoms with Crippen LogP contribution in [0.15, 0.2) is 174 Å². The number of aromatic nitrogens is 1. The van der Waals surface area contributed by atoms with E-state index >= 15 is 0 Å². The van der Waals surface area contributed by atoms with Crippen LogP contribution in [0.5, 0.6) is 0 Å². The summed E-state index contributed by atoms with van der Waals surface area (Å²) in [6, 6.07) is 56.8. The van der Waals surface area contributed by atoms with Crippen LogP contribution in [0.1, 0.15) is 88.8 Å². The van der Waals surface area contributed by atoms with Crippen LogP contribution < -0.4 is 9.58 Å². The van der Waals surface area contributed by atoms with Gasteiger partial charge in [-0.1, -0.05) is 135 Å². The maximum Gasteiger partial charge on any atom is 0.213 e. The molecule has 0 radical (unpaired) electrons. The maximum absolute atomic E-state index is 13.5. The summed E-state index contributed by atoms with van der Waals surface area (Å²) in [5.74, 6) is 1.26. The molecule has 6 nitrogen and oxygen atoms in total. The van der Waals surface area contributed by atoms with Crippen molar-refractivity contribution in [2.24, 2.45) is 33.7 Å². The molecule has 7 atom stereocenters. The molecule has 4 aliphatic carbocycles. The van der Waals surface area contributed by atoms with Crippen molar-refractivity contribution in [3.8, 4) is 33.6 Å². The Morgan fingerprint density at radius 2 is 1.23 bits per heavy atom. The Bertz CT molecular complexity index is 2730. The van der Waals surface area contributed by atoms with E-state index in [2.05, 4.69) is 187 Å². The van der Waals surface area contributed by atoms with E-state index in [9.17, 15) is 5.11 Å². The molecule has 5 aromatic carbocycles. The molecule has 3 heterocycles. The Labute approximate surface area is 390 Å². The van der Waals surface area contributed by atoms with Crippen molar-refractivity contribution in [3.05, 3.63) is 181 Å². The van der Waals surface area contributed by atoms with E-state index in [1.807, 2.05) is 0 Å². The Kier molecular flexibility index (Phi) is 10.3. The third-order valence-electron chi connectivity index (χ3n) is 17.6. The number of hydrogen-bond donors (Lipinski definition) is 1. The largest absolute Gasteiger partial charge is 0.383 e. The maximum atomic E-state index is 13.5. The highest BCUT2D eigenvalue weighted by Gasteiger charge is 2.66. The molecule has 334 valence electrons. The van der Waals surface area contributed by atoms with E-state index in [0.717, 1.165) is 103 Å². The number of rotatable bonds is 8. The van der Waals surface area contributed by atoms with Gasteiger partial charge in [-0.3, -0.25) is 5.01 Å². The molecule has 4 fully saturated rings. The van der Waals surface area contributed by atoms with Crippen molar-refractivity contribution < 1.29 is 19.1 Å². The summed E-state index contributed by atoms with van der Waals surface area (Å²) in [7, 11) is 0. The first-order valence-electron chi connectivity index (χ1n) is 24.7. The number of allylic oxidation sites excluding steroid dienone is 1. The normalized spacial score (nSPS) is 29.8. The van der Waals surface area contributed by atoms with Gasteiger partial charge >= 0.3 is 0 Å². The number of benzene rings is 5. The quantitative estimate of drug-likeness (QED) is 0.122. The predicted octanol–water partition coefficient (Wildman–Crippen LogP) is 12.8. The predicted molar refractivity (Wildman–Crippen MR) is 263 cm³/mol. The average molecular weight is 873 g/mol. The molecule has 2 aliphatic heterocycles. The molecule has 1 N–H and O–H groups in total. The molecule has 0 amide bonds. The summed E-state index contributed by atoms with van der Waals surface area (Å²) >= 11 is 0. The minimum absolute atomic E-state index is 0.104. The third-order valence-corrected chi connectivity index (χ3v) is 17.6. The van der Waals surface area contributed by atoms with Crippen LogP contribution in [0.25, 0.3) is 33.6 Å². The lowest BCUT2D eigenvalue weighted by atomic mass is 9.46. The highest BCUT2D eigenvalue weighted by atomic mass is 16.7. The van der Waals surface area contributed by atoms with E-state index in [1.54, 1.807) is 5.57 Å². The van der Waals surface area contributed by atoms with Crippen LogP contribution in [-0.4, -0.2) is 35.4 Å². The molecule has 12 rings (SSSR count). The minimum atomic E-state index is -0.874. The van der Waals surface area contributed by atoms with Gasteiger partial charge in [0.05, 0.1) is 30.7 Å². The Morgan fingerprint density at radius 1 is 0.636 bits per heavy atom. The fraction of sp³-hybridized carbons (Fsp3) is 0.367. The van der Waals surface area contributed by atoms with Crippen molar-refractivity contribution in [1.82, 2.24) is 0 Å². The van der Waals surface area contributed by atoms with Crippen LogP contribution in [0.3, 0.4) is 0 Å². The van der Waals surface area contributed by atoms with E-state index in [-0.39, 0.29) is 16.9 Å². The summed E-state index contributed by atoms with van der Waals surface area (Å²) in [4.78, 5) is 0. The number of fused-ring (bicyclic) bond motifs is 5. The topological polar surface area (TPSA) is 58.2 Å². The second-order valence-corrected chi connectivity index (χ2v) is 20.8. The highest BCUT2D eigenvalue weighted by molar-refractivity contribution is 6.03. The standard InChI is InChI=1S/C60H62N3O3/c1-57-33-34-60(65-35-36-66-60)40-48(57)25-28-50-51(57)29-31-58(2)52(50)30-32-59(58,64)41-62-54(44-17-9-4-10-18-44)37-47(38-55(62)45-19-11-5-12-20-45)42-23-26-49(27-24-42)63-56(46-21-13-6-14-22-46)39-53(61-63)43-15-7-3-8-16-43/h3-27,37-38,50-52,56,64H,28-36,39-41H2,1-2H3/q+1/t50-,51+,52+,56+,57-,58-,59+/m0/s1. The molecule has 3 saturated carbocycles. The molecule has 1 aromatic heterocycles. The monoisotopic (exact) mass is 872 g/mol. The second-order valence-electron chi connectivity index (χ2n) is 20.8. The van der Waals surface area contributed by atoms with Gasteiger partial charge in [0.1, 0.15) is 5.60 Å². The van der Waals surface area contributed by atoms with Gasteiger partial charge in [-0.25, -0.2) is 0 Å². The minimum Gasteiger partial charge on any atom is -0.383 e. The number of aliphatic hydroxyl groups is 1. The lowest BCUT2D eigenvalue weighted by Gasteiger charge is -2.59. The summed E-state index contributed by atoms with van der Waals surface area (Å²) in [5.41, 5.74) is 12.1. The molecule has 6 aliphatic rings. The van der Waals surface area contributed by atoms with Crippen LogP contribution in [-0.2, 0) is 16.0 Å². The zero-order valence-corrected chi connectivity index (χ0v) is 38.5. The highest BCUT2D eigenvalue weighted by Crippen LogP contribution is 2.68. The van der Waals surface area contributed by atoms with Crippen LogP contribution in [0.2, 0.25) is 0 Å². The number of nitrogens with zero attached hydrogens (tertiary/aromatic N) is 3. The van der Waals surface area contributed by atoms with Crippen molar-refractivity contribution >= 4 is 11.4 Å². The fourth-order valence-corrected chi connectivity index (χ4v) is 13.9. The number of hydrazone groups is 1. The first-order valence-corrected chi connectivity index (χ1v) is 24.7. The van der Waals surface area contributed by atoms with Gasteiger partial charge < -0.3 is 14.6 Å².